The molecule has 2 atom stereocenters. The van der Waals surface area contributed by atoms with Crippen LogP contribution in [0.15, 0.2) is 47.6 Å². The third-order valence-corrected chi connectivity index (χ3v) is 4.62. The zero-order valence-corrected chi connectivity index (χ0v) is 17.9. The molecular weight excluding hydrogens is 392 g/mol. The third kappa shape index (κ3) is 6.98. The molecule has 0 saturated heterocycles. The maximum atomic E-state index is 12.3. The number of hydrogen-bond acceptors (Lipinski definition) is 5. The van der Waals surface area contributed by atoms with Crippen molar-refractivity contribution in [3.63, 3.8) is 0 Å². The van der Waals surface area contributed by atoms with Crippen molar-refractivity contribution in [2.75, 3.05) is 14.2 Å². The second-order valence-corrected chi connectivity index (χ2v) is 7.06. The number of carbonyl (C=O) groups is 1. The van der Waals surface area contributed by atoms with Gasteiger partial charge in [0.25, 0.3) is 5.91 Å². The number of nitrogens with zero attached hydrogens (tertiary/aromatic N) is 1. The molecule has 7 heteroatoms. The lowest BCUT2D eigenvalue weighted by molar-refractivity contribution is -0.132. The van der Waals surface area contributed by atoms with E-state index in [0.29, 0.717) is 22.1 Å². The molecule has 0 fully saturated rings. The second-order valence-electron chi connectivity index (χ2n) is 6.65. The number of carbonyl (C=O) groups excluding carboxylic acids is 1. The lowest BCUT2D eigenvalue weighted by Crippen LogP contribution is -2.39. The van der Waals surface area contributed by atoms with Crippen LogP contribution >= 0.6 is 11.6 Å². The Kier molecular flexibility index (Phi) is 8.80. The predicted octanol–water partition coefficient (Wildman–Crippen LogP) is 4.23. The van der Waals surface area contributed by atoms with Crippen molar-refractivity contribution >= 4 is 23.7 Å². The largest absolute Gasteiger partial charge is 0.493 e. The first-order valence-electron chi connectivity index (χ1n) is 9.39. The highest BCUT2D eigenvalue weighted by Crippen LogP contribution is 2.35. The number of rotatable bonds is 10. The van der Waals surface area contributed by atoms with Gasteiger partial charge in [-0.1, -0.05) is 47.1 Å². The zero-order valence-electron chi connectivity index (χ0n) is 17.1. The summed E-state index contributed by atoms with van der Waals surface area (Å²) >= 11 is 6.17. The molecule has 0 aliphatic rings. The molecule has 0 aliphatic heterocycles. The van der Waals surface area contributed by atoms with Crippen molar-refractivity contribution in [1.29, 1.82) is 0 Å². The highest BCUT2D eigenvalue weighted by Gasteiger charge is 2.16. The van der Waals surface area contributed by atoms with Crippen LogP contribution < -0.4 is 14.8 Å². The van der Waals surface area contributed by atoms with E-state index < -0.39 is 6.10 Å². The molecule has 2 rings (SSSR count). The van der Waals surface area contributed by atoms with Crippen LogP contribution in [0, 0.1) is 0 Å². The Morgan fingerprint density at radius 2 is 1.90 bits per heavy atom. The number of oxime groups is 1. The predicted molar refractivity (Wildman–Crippen MR) is 115 cm³/mol. The molecule has 6 nitrogen and oxygen atoms in total. The molecule has 0 radical (unpaired) electrons. The number of ether oxygens (including phenoxy) is 2. The average Bonchev–Trinajstić information content (AvgIpc) is 2.72. The molecular formula is C22H27ClN2O4. The van der Waals surface area contributed by atoms with Crippen molar-refractivity contribution in [2.24, 2.45) is 5.16 Å². The number of aryl methyl sites for hydroxylation is 1. The number of amides is 1. The molecule has 0 aromatic heterocycles. The highest BCUT2D eigenvalue weighted by atomic mass is 35.5. The molecule has 0 spiro atoms. The Hall–Kier alpha value is -2.73. The monoisotopic (exact) mass is 418 g/mol. The van der Waals surface area contributed by atoms with Crippen molar-refractivity contribution in [3.05, 3.63) is 58.6 Å². The van der Waals surface area contributed by atoms with Crippen LogP contribution in [0.25, 0.3) is 0 Å². The summed E-state index contributed by atoms with van der Waals surface area (Å²) in [4.78, 5) is 17.6. The van der Waals surface area contributed by atoms with Gasteiger partial charge in [-0.3, -0.25) is 4.79 Å². The standard InChI is InChI=1S/C22H27ClN2O4/c1-15(10-11-17-8-6-5-7-9-17)25-22(26)16(2)29-24-14-18-12-19(23)21(28-4)20(13-18)27-3/h5-9,12-16H,10-11H2,1-4H3,(H,25,26)/b24-14+. The number of benzene rings is 2. The summed E-state index contributed by atoms with van der Waals surface area (Å²) in [6, 6.07) is 13.6. The molecule has 1 amide bonds. The highest BCUT2D eigenvalue weighted by molar-refractivity contribution is 6.32. The van der Waals surface area contributed by atoms with Crippen molar-refractivity contribution in [2.45, 2.75) is 38.8 Å². The number of halogens is 1. The van der Waals surface area contributed by atoms with E-state index in [1.807, 2.05) is 25.1 Å². The second kappa shape index (κ2) is 11.3. The Morgan fingerprint density at radius 3 is 2.55 bits per heavy atom. The minimum Gasteiger partial charge on any atom is -0.493 e. The van der Waals surface area contributed by atoms with Gasteiger partial charge in [-0.15, -0.1) is 0 Å². The van der Waals surface area contributed by atoms with Crippen LogP contribution in [0.4, 0.5) is 0 Å². The maximum absolute atomic E-state index is 12.3. The van der Waals surface area contributed by atoms with E-state index in [9.17, 15) is 4.79 Å². The van der Waals surface area contributed by atoms with Crippen LogP contribution in [0.5, 0.6) is 11.5 Å². The summed E-state index contributed by atoms with van der Waals surface area (Å²) in [5, 5.41) is 7.23. The fraction of sp³-hybridized carbons (Fsp3) is 0.364. The fourth-order valence-electron chi connectivity index (χ4n) is 2.70. The summed E-state index contributed by atoms with van der Waals surface area (Å²) in [5.74, 6) is 0.719. The molecule has 1 N–H and O–H groups in total. The summed E-state index contributed by atoms with van der Waals surface area (Å²) < 4.78 is 10.4. The smallest absolute Gasteiger partial charge is 0.263 e. The quantitative estimate of drug-likeness (QED) is 0.463. The lowest BCUT2D eigenvalue weighted by Gasteiger charge is -2.16. The lowest BCUT2D eigenvalue weighted by atomic mass is 10.1. The van der Waals surface area contributed by atoms with E-state index in [2.05, 4.69) is 22.6 Å². The van der Waals surface area contributed by atoms with Gasteiger partial charge in [0, 0.05) is 11.6 Å². The van der Waals surface area contributed by atoms with E-state index in [1.165, 1.54) is 26.0 Å². The first kappa shape index (κ1) is 22.6. The molecule has 0 saturated carbocycles. The molecule has 156 valence electrons. The van der Waals surface area contributed by atoms with Gasteiger partial charge in [0.15, 0.2) is 11.5 Å². The van der Waals surface area contributed by atoms with Crippen LogP contribution in [0.2, 0.25) is 5.02 Å². The first-order valence-corrected chi connectivity index (χ1v) is 9.77. The molecule has 29 heavy (non-hydrogen) atoms. The van der Waals surface area contributed by atoms with Gasteiger partial charge in [-0.2, -0.15) is 0 Å². The Labute approximate surface area is 176 Å². The van der Waals surface area contributed by atoms with E-state index in [1.54, 1.807) is 19.1 Å². The number of methoxy groups -OCH3 is 2. The van der Waals surface area contributed by atoms with Gasteiger partial charge in [0.1, 0.15) is 0 Å². The SMILES string of the molecule is COc1cc(/C=N/OC(C)C(=O)NC(C)CCc2ccccc2)cc(Cl)c1OC. The Morgan fingerprint density at radius 1 is 1.17 bits per heavy atom. The Bertz CT molecular complexity index is 827. The van der Waals surface area contributed by atoms with Gasteiger partial charge in [0.05, 0.1) is 25.5 Å². The van der Waals surface area contributed by atoms with Crippen LogP contribution in [-0.2, 0) is 16.1 Å². The summed E-state index contributed by atoms with van der Waals surface area (Å²) in [6.07, 6.45) is 2.49. The summed E-state index contributed by atoms with van der Waals surface area (Å²) in [6.45, 7) is 3.63. The van der Waals surface area contributed by atoms with Crippen LogP contribution in [0.1, 0.15) is 31.4 Å². The van der Waals surface area contributed by atoms with E-state index in [-0.39, 0.29) is 11.9 Å². The van der Waals surface area contributed by atoms with E-state index in [0.717, 1.165) is 12.8 Å². The molecule has 2 unspecified atom stereocenters. The fourth-order valence-corrected chi connectivity index (χ4v) is 3.00. The minimum absolute atomic E-state index is 0.0300. The number of hydrogen-bond donors (Lipinski definition) is 1. The molecule has 0 aliphatic carbocycles. The van der Waals surface area contributed by atoms with Crippen LogP contribution in [-0.4, -0.2) is 38.5 Å². The summed E-state index contributed by atoms with van der Waals surface area (Å²) in [7, 11) is 3.04. The van der Waals surface area contributed by atoms with E-state index in [4.69, 9.17) is 25.9 Å². The first-order chi connectivity index (χ1) is 13.9. The summed E-state index contributed by atoms with van der Waals surface area (Å²) in [5.41, 5.74) is 1.91. The topological polar surface area (TPSA) is 69.2 Å². The number of nitrogens with one attached hydrogen (secondary N) is 1. The van der Waals surface area contributed by atoms with Crippen molar-refractivity contribution < 1.29 is 19.1 Å². The van der Waals surface area contributed by atoms with E-state index >= 15 is 0 Å². The zero-order chi connectivity index (χ0) is 21.2. The van der Waals surface area contributed by atoms with Gasteiger partial charge in [-0.25, -0.2) is 0 Å². The Balaban J connectivity index is 1.84. The van der Waals surface area contributed by atoms with Gasteiger partial charge >= 0.3 is 0 Å². The molecule has 0 bridgehead atoms. The molecule has 2 aromatic rings. The third-order valence-electron chi connectivity index (χ3n) is 4.34. The maximum Gasteiger partial charge on any atom is 0.263 e. The van der Waals surface area contributed by atoms with Crippen LogP contribution in [0.3, 0.4) is 0 Å². The molecule has 2 aromatic carbocycles. The average molecular weight is 419 g/mol. The van der Waals surface area contributed by atoms with Crippen molar-refractivity contribution in [3.8, 4) is 11.5 Å². The van der Waals surface area contributed by atoms with Gasteiger partial charge in [0.2, 0.25) is 6.10 Å². The van der Waals surface area contributed by atoms with Gasteiger partial charge in [-0.05, 0) is 44.4 Å². The van der Waals surface area contributed by atoms with Crippen molar-refractivity contribution in [1.82, 2.24) is 5.32 Å². The minimum atomic E-state index is -0.721. The normalized spacial score (nSPS) is 13.0. The van der Waals surface area contributed by atoms with Gasteiger partial charge < -0.3 is 19.6 Å². The molecule has 0 heterocycles.